The van der Waals surface area contributed by atoms with Gasteiger partial charge in [-0.15, -0.1) is 0 Å². The molecule has 2 unspecified atom stereocenters. The minimum absolute atomic E-state index is 0.157. The molecule has 0 saturated carbocycles. The summed E-state index contributed by atoms with van der Waals surface area (Å²) in [6.07, 6.45) is 2.10. The lowest BCUT2D eigenvalue weighted by Crippen LogP contribution is -2.44. The van der Waals surface area contributed by atoms with Crippen molar-refractivity contribution in [3.63, 3.8) is 0 Å². The van der Waals surface area contributed by atoms with E-state index in [1.807, 2.05) is 6.07 Å². The predicted molar refractivity (Wildman–Crippen MR) is 69.7 cm³/mol. The Hall–Kier alpha value is -1.09. The molecule has 2 nitrogen and oxygen atoms in total. The SMILES string of the molecule is CCC(C)C(CN)N1CCc2ccc(F)cc21. The van der Waals surface area contributed by atoms with E-state index in [1.165, 1.54) is 5.56 Å². The van der Waals surface area contributed by atoms with E-state index in [9.17, 15) is 4.39 Å². The number of hydrogen-bond acceptors (Lipinski definition) is 2. The molecule has 0 fully saturated rings. The minimum atomic E-state index is -0.157. The van der Waals surface area contributed by atoms with Crippen LogP contribution in [0.25, 0.3) is 0 Å². The number of rotatable bonds is 4. The quantitative estimate of drug-likeness (QED) is 0.870. The molecule has 0 amide bonds. The van der Waals surface area contributed by atoms with Crippen LogP contribution >= 0.6 is 0 Å². The second-order valence-electron chi connectivity index (χ2n) is 4.91. The van der Waals surface area contributed by atoms with E-state index in [4.69, 9.17) is 5.73 Å². The Kier molecular flexibility index (Phi) is 3.67. The zero-order valence-corrected chi connectivity index (χ0v) is 10.6. The summed E-state index contributed by atoms with van der Waals surface area (Å²) in [6, 6.07) is 5.41. The van der Waals surface area contributed by atoms with Gasteiger partial charge in [0.1, 0.15) is 5.82 Å². The van der Waals surface area contributed by atoms with Gasteiger partial charge in [-0.3, -0.25) is 0 Å². The van der Waals surface area contributed by atoms with Gasteiger partial charge in [-0.25, -0.2) is 4.39 Å². The van der Waals surface area contributed by atoms with Crippen molar-refractivity contribution in [2.24, 2.45) is 11.7 Å². The fourth-order valence-corrected chi connectivity index (χ4v) is 2.66. The Labute approximate surface area is 103 Å². The molecule has 0 saturated heterocycles. The van der Waals surface area contributed by atoms with Gasteiger partial charge in [0.05, 0.1) is 0 Å². The Bertz CT molecular complexity index is 392. The summed E-state index contributed by atoms with van der Waals surface area (Å²) in [5, 5.41) is 0. The first-order chi connectivity index (χ1) is 8.17. The molecule has 1 aromatic carbocycles. The molecule has 1 aliphatic heterocycles. The van der Waals surface area contributed by atoms with Crippen LogP contribution in [0.15, 0.2) is 18.2 Å². The van der Waals surface area contributed by atoms with Crippen LogP contribution in [0.2, 0.25) is 0 Å². The maximum atomic E-state index is 13.3. The molecule has 0 radical (unpaired) electrons. The lowest BCUT2D eigenvalue weighted by Gasteiger charge is -2.33. The van der Waals surface area contributed by atoms with E-state index in [0.29, 0.717) is 18.5 Å². The first kappa shape index (κ1) is 12.4. The molecule has 0 aliphatic carbocycles. The highest BCUT2D eigenvalue weighted by Crippen LogP contribution is 2.32. The van der Waals surface area contributed by atoms with Crippen molar-refractivity contribution in [2.75, 3.05) is 18.0 Å². The monoisotopic (exact) mass is 236 g/mol. The lowest BCUT2D eigenvalue weighted by atomic mass is 9.97. The van der Waals surface area contributed by atoms with Crippen LogP contribution in [0.1, 0.15) is 25.8 Å². The molecular formula is C14H21FN2. The fourth-order valence-electron chi connectivity index (χ4n) is 2.66. The Morgan fingerprint density at radius 2 is 2.24 bits per heavy atom. The lowest BCUT2D eigenvalue weighted by molar-refractivity contribution is 0.424. The second kappa shape index (κ2) is 5.05. The van der Waals surface area contributed by atoms with E-state index >= 15 is 0 Å². The van der Waals surface area contributed by atoms with E-state index in [0.717, 1.165) is 25.1 Å². The highest BCUT2D eigenvalue weighted by atomic mass is 19.1. The second-order valence-corrected chi connectivity index (χ2v) is 4.91. The number of hydrogen-bond donors (Lipinski definition) is 1. The van der Waals surface area contributed by atoms with Crippen LogP contribution in [-0.4, -0.2) is 19.1 Å². The van der Waals surface area contributed by atoms with Gasteiger partial charge < -0.3 is 10.6 Å². The molecule has 0 aromatic heterocycles. The fraction of sp³-hybridized carbons (Fsp3) is 0.571. The summed E-state index contributed by atoms with van der Waals surface area (Å²) in [4.78, 5) is 2.28. The molecule has 94 valence electrons. The van der Waals surface area contributed by atoms with Crippen molar-refractivity contribution in [2.45, 2.75) is 32.7 Å². The number of nitrogens with zero attached hydrogens (tertiary/aromatic N) is 1. The van der Waals surface area contributed by atoms with E-state index < -0.39 is 0 Å². The normalized spacial score (nSPS) is 18.0. The molecule has 1 aliphatic rings. The van der Waals surface area contributed by atoms with E-state index in [1.54, 1.807) is 12.1 Å². The Morgan fingerprint density at radius 3 is 2.88 bits per heavy atom. The molecule has 3 heteroatoms. The van der Waals surface area contributed by atoms with Gasteiger partial charge in [0.15, 0.2) is 0 Å². The van der Waals surface area contributed by atoms with Gasteiger partial charge in [0, 0.05) is 24.8 Å². The van der Waals surface area contributed by atoms with Crippen LogP contribution in [0.5, 0.6) is 0 Å². The average molecular weight is 236 g/mol. The predicted octanol–water partition coefficient (Wildman–Crippen LogP) is 2.56. The highest BCUT2D eigenvalue weighted by molar-refractivity contribution is 5.59. The molecule has 0 spiro atoms. The molecule has 2 atom stereocenters. The Balaban J connectivity index is 2.28. The highest BCUT2D eigenvalue weighted by Gasteiger charge is 2.28. The number of anilines is 1. The number of nitrogens with two attached hydrogens (primary N) is 1. The maximum absolute atomic E-state index is 13.3. The van der Waals surface area contributed by atoms with Crippen LogP contribution < -0.4 is 10.6 Å². The van der Waals surface area contributed by atoms with Crippen molar-refractivity contribution in [1.82, 2.24) is 0 Å². The van der Waals surface area contributed by atoms with Crippen molar-refractivity contribution >= 4 is 5.69 Å². The summed E-state index contributed by atoms with van der Waals surface area (Å²) in [5.74, 6) is 0.379. The maximum Gasteiger partial charge on any atom is 0.125 e. The summed E-state index contributed by atoms with van der Waals surface area (Å²) in [5.41, 5.74) is 8.17. The molecule has 2 rings (SSSR count). The van der Waals surface area contributed by atoms with Gasteiger partial charge in [-0.05, 0) is 30.0 Å². The Morgan fingerprint density at radius 1 is 1.47 bits per heavy atom. The zero-order valence-electron chi connectivity index (χ0n) is 10.6. The van der Waals surface area contributed by atoms with Crippen LogP contribution in [0, 0.1) is 11.7 Å². The third-order valence-corrected chi connectivity index (χ3v) is 3.92. The smallest absolute Gasteiger partial charge is 0.125 e. The van der Waals surface area contributed by atoms with Gasteiger partial charge in [-0.2, -0.15) is 0 Å². The average Bonchev–Trinajstić information content (AvgIpc) is 2.73. The van der Waals surface area contributed by atoms with Crippen LogP contribution in [-0.2, 0) is 6.42 Å². The van der Waals surface area contributed by atoms with Gasteiger partial charge >= 0.3 is 0 Å². The zero-order chi connectivity index (χ0) is 12.4. The van der Waals surface area contributed by atoms with Gasteiger partial charge in [0.2, 0.25) is 0 Å². The summed E-state index contributed by atoms with van der Waals surface area (Å²) in [6.45, 7) is 5.99. The molecule has 17 heavy (non-hydrogen) atoms. The number of benzene rings is 1. The topological polar surface area (TPSA) is 29.3 Å². The molecular weight excluding hydrogens is 215 g/mol. The van der Waals surface area contributed by atoms with Crippen LogP contribution in [0.4, 0.5) is 10.1 Å². The molecule has 2 N–H and O–H groups in total. The molecule has 1 heterocycles. The minimum Gasteiger partial charge on any atom is -0.366 e. The van der Waals surface area contributed by atoms with Crippen molar-refractivity contribution in [3.05, 3.63) is 29.6 Å². The first-order valence-corrected chi connectivity index (χ1v) is 6.42. The van der Waals surface area contributed by atoms with Gasteiger partial charge in [0.25, 0.3) is 0 Å². The van der Waals surface area contributed by atoms with E-state index in [-0.39, 0.29) is 5.82 Å². The number of halogens is 1. The summed E-state index contributed by atoms with van der Waals surface area (Å²) < 4.78 is 13.3. The molecule has 1 aromatic rings. The third-order valence-electron chi connectivity index (χ3n) is 3.92. The van der Waals surface area contributed by atoms with Crippen molar-refractivity contribution in [1.29, 1.82) is 0 Å². The first-order valence-electron chi connectivity index (χ1n) is 6.42. The van der Waals surface area contributed by atoms with E-state index in [2.05, 4.69) is 18.7 Å². The summed E-state index contributed by atoms with van der Waals surface area (Å²) in [7, 11) is 0. The number of fused-ring (bicyclic) bond motifs is 1. The third kappa shape index (κ3) is 2.29. The van der Waals surface area contributed by atoms with Gasteiger partial charge in [-0.1, -0.05) is 26.3 Å². The standard InChI is InChI=1S/C14H21FN2/c1-3-10(2)14(9-16)17-7-6-11-4-5-12(15)8-13(11)17/h4-5,8,10,14H,3,6-7,9,16H2,1-2H3. The largest absolute Gasteiger partial charge is 0.366 e. The van der Waals surface area contributed by atoms with Crippen molar-refractivity contribution < 1.29 is 4.39 Å². The molecule has 0 bridgehead atoms. The van der Waals surface area contributed by atoms with Crippen LogP contribution in [0.3, 0.4) is 0 Å². The van der Waals surface area contributed by atoms with Crippen molar-refractivity contribution in [3.8, 4) is 0 Å². The summed E-state index contributed by atoms with van der Waals surface area (Å²) >= 11 is 0.